The van der Waals surface area contributed by atoms with Crippen LogP contribution >= 0.6 is 23.4 Å². The van der Waals surface area contributed by atoms with Gasteiger partial charge in [-0.25, -0.2) is 4.98 Å². The van der Waals surface area contributed by atoms with Gasteiger partial charge in [-0.2, -0.15) is 5.26 Å². The van der Waals surface area contributed by atoms with Crippen molar-refractivity contribution in [1.82, 2.24) is 9.88 Å². The van der Waals surface area contributed by atoms with Gasteiger partial charge in [0.05, 0.1) is 98.7 Å². The highest BCUT2D eigenvalue weighted by molar-refractivity contribution is 8.14. The summed E-state index contributed by atoms with van der Waals surface area (Å²) in [7, 11) is 6.44. The molecular formula is C105H151ClN4O28S. The molecule has 6 N–H and O–H groups in total. The molecule has 32 nitrogen and oxygen atoms in total. The number of fused-ring (bicyclic) bond motifs is 4. The van der Waals surface area contributed by atoms with Crippen molar-refractivity contribution in [1.29, 1.82) is 5.26 Å². The number of aromatic nitrogens is 1. The Morgan fingerprint density at radius 3 is 1.42 bits per heavy atom. The minimum atomic E-state index is -1.84. The van der Waals surface area contributed by atoms with Crippen LogP contribution in [-0.2, 0) is 111 Å². The van der Waals surface area contributed by atoms with Crippen LogP contribution in [0.5, 0.6) is 0 Å². The molecule has 139 heavy (non-hydrogen) atoms. The third-order valence-corrected chi connectivity index (χ3v) is 31.8. The van der Waals surface area contributed by atoms with Crippen LogP contribution in [0.4, 0.5) is 0 Å². The summed E-state index contributed by atoms with van der Waals surface area (Å²) in [5.41, 5.74) is 1.33. The second-order valence-electron chi connectivity index (χ2n) is 41.0. The van der Waals surface area contributed by atoms with E-state index < -0.39 is 182 Å². The van der Waals surface area contributed by atoms with Gasteiger partial charge in [0, 0.05) is 129 Å². The number of amidine groups is 1. The summed E-state index contributed by atoms with van der Waals surface area (Å²) in [6.07, 6.45) is 19.7. The molecule has 0 radical (unpaired) electrons. The molecule has 772 valence electrons. The van der Waals surface area contributed by atoms with E-state index in [0.29, 0.717) is 91.7 Å². The number of rotatable bonds is 17. The number of carbonyl (C=O) groups is 2. The van der Waals surface area contributed by atoms with Gasteiger partial charge in [0.2, 0.25) is 6.19 Å². The molecule has 13 aliphatic heterocycles. The molecule has 1 aromatic rings. The Labute approximate surface area is 828 Å². The second kappa shape index (κ2) is 47.3. The van der Waals surface area contributed by atoms with Gasteiger partial charge in [0.1, 0.15) is 89.2 Å². The van der Waals surface area contributed by atoms with Gasteiger partial charge in [-0.1, -0.05) is 164 Å². The molecule has 16 rings (SSSR count). The van der Waals surface area contributed by atoms with E-state index in [1.54, 1.807) is 104 Å². The van der Waals surface area contributed by atoms with E-state index in [2.05, 4.69) is 94.6 Å². The molecule has 0 unspecified atom stereocenters. The Morgan fingerprint density at radius 1 is 0.561 bits per heavy atom. The number of pyridine rings is 1. The topological polar surface area (TPSA) is 392 Å². The number of hydrogen-bond donors (Lipinski definition) is 6. The van der Waals surface area contributed by atoms with Gasteiger partial charge in [-0.05, 0) is 137 Å². The van der Waals surface area contributed by atoms with Crippen LogP contribution < -0.4 is 0 Å². The number of aliphatic hydroxyl groups excluding tert-OH is 4. The number of nitrogens with zero attached hydrogens (tertiary/aromatic N) is 4. The highest BCUT2D eigenvalue weighted by Gasteiger charge is 2.63. The number of nitriles is 1. The highest BCUT2D eigenvalue weighted by Crippen LogP contribution is 2.51. The zero-order chi connectivity index (χ0) is 100. The van der Waals surface area contributed by atoms with E-state index in [1.807, 2.05) is 76.4 Å². The van der Waals surface area contributed by atoms with Gasteiger partial charge in [0.25, 0.3) is 0 Å². The largest absolute Gasteiger partial charge is 0.462 e. The zero-order valence-electron chi connectivity index (χ0n) is 84.2. The van der Waals surface area contributed by atoms with E-state index >= 15 is 0 Å². The summed E-state index contributed by atoms with van der Waals surface area (Å²) in [6, 6.07) is 3.70. The first-order valence-corrected chi connectivity index (χ1v) is 51.3. The van der Waals surface area contributed by atoms with Gasteiger partial charge in [-0.15, -0.1) is 4.99 Å². The van der Waals surface area contributed by atoms with E-state index in [9.17, 15) is 40.2 Å². The normalized spacial score (nSPS) is 45.6. The van der Waals surface area contributed by atoms with E-state index in [1.165, 1.54) is 0 Å². The molecule has 1 aromatic heterocycles. The maximum atomic E-state index is 14.3. The van der Waals surface area contributed by atoms with Crippen LogP contribution in [0.2, 0.25) is 5.15 Å². The molecule has 15 aliphatic rings. The second-order valence-corrected chi connectivity index (χ2v) is 42.5. The van der Waals surface area contributed by atoms with Crippen molar-refractivity contribution in [2.75, 3.05) is 54.0 Å². The number of thioether (sulfide) groups is 1. The number of aliphatic hydroxyl groups is 6. The number of esters is 2. The third kappa shape index (κ3) is 24.7. The number of aliphatic imine (C=N–C) groups is 1. The fourth-order valence-electron chi connectivity index (χ4n) is 22.4. The smallest absolute Gasteiger partial charge is 0.316 e. The van der Waals surface area contributed by atoms with Crippen molar-refractivity contribution in [3.63, 3.8) is 0 Å². The fourth-order valence-corrected chi connectivity index (χ4v) is 23.5. The molecule has 9 saturated heterocycles. The van der Waals surface area contributed by atoms with Gasteiger partial charge in [0.15, 0.2) is 41.9 Å². The molecule has 0 saturated carbocycles. The fraction of sp³-hybridized carbons (Fsp3) is 0.724. The maximum absolute atomic E-state index is 14.3. The Balaban J connectivity index is 0.000000191. The lowest BCUT2D eigenvalue weighted by molar-refractivity contribution is -0.318. The third-order valence-electron chi connectivity index (χ3n) is 30.6. The van der Waals surface area contributed by atoms with E-state index in [-0.39, 0.29) is 85.3 Å². The van der Waals surface area contributed by atoms with Crippen molar-refractivity contribution in [2.45, 2.75) is 382 Å². The highest BCUT2D eigenvalue weighted by atomic mass is 35.5. The molecule has 2 aliphatic carbocycles. The first-order valence-electron chi connectivity index (χ1n) is 49.9. The first kappa shape index (κ1) is 109. The number of methoxy groups -OCH3 is 4. The average Bonchev–Trinajstić information content (AvgIpc) is 1.60. The molecule has 14 heterocycles. The van der Waals surface area contributed by atoms with Crippen LogP contribution in [0.25, 0.3) is 0 Å². The lowest BCUT2D eigenvalue weighted by atomic mass is 9.71. The summed E-state index contributed by atoms with van der Waals surface area (Å²) in [5, 5.41) is 78.2. The average molecular weight is 1980 g/mol. The summed E-state index contributed by atoms with van der Waals surface area (Å²) in [4.78, 5) is 38.5. The van der Waals surface area contributed by atoms with Gasteiger partial charge >= 0.3 is 11.9 Å². The molecular weight excluding hydrogens is 1830 g/mol. The van der Waals surface area contributed by atoms with Crippen molar-refractivity contribution < 1.29 is 135 Å². The van der Waals surface area contributed by atoms with Crippen molar-refractivity contribution in [3.8, 4) is 6.19 Å². The predicted octanol–water partition coefficient (Wildman–Crippen LogP) is 12.5. The summed E-state index contributed by atoms with van der Waals surface area (Å²) >= 11 is 7.32. The van der Waals surface area contributed by atoms with Crippen LogP contribution in [0.15, 0.2) is 142 Å². The number of hydrogen-bond acceptors (Lipinski definition) is 32. The molecule has 0 aromatic carbocycles. The van der Waals surface area contributed by atoms with Crippen molar-refractivity contribution in [2.24, 2.45) is 52.3 Å². The van der Waals surface area contributed by atoms with Crippen molar-refractivity contribution in [3.05, 3.63) is 148 Å². The van der Waals surface area contributed by atoms with E-state index in [0.717, 1.165) is 47.1 Å². The number of allylic oxidation sites excluding steroid dienone is 4. The lowest BCUT2D eigenvalue weighted by Gasteiger charge is -2.48. The monoisotopic (exact) mass is 1980 g/mol. The van der Waals surface area contributed by atoms with Gasteiger partial charge < -0.3 is 130 Å². The van der Waals surface area contributed by atoms with Crippen LogP contribution in [-0.4, -0.2) is 306 Å². The minimum absolute atomic E-state index is 0.0313. The minimum Gasteiger partial charge on any atom is -0.462 e. The first-order chi connectivity index (χ1) is 66.2. The summed E-state index contributed by atoms with van der Waals surface area (Å²) in [6.45, 7) is 33.7. The van der Waals surface area contributed by atoms with Crippen molar-refractivity contribution >= 4 is 40.5 Å². The molecule has 39 atom stereocenters. The maximum Gasteiger partial charge on any atom is 0.316 e. The molecule has 9 fully saturated rings. The number of carbonyl (C=O) groups excluding carboxylic acids is 2. The Bertz CT molecular complexity index is 4730. The number of halogens is 1. The quantitative estimate of drug-likeness (QED) is 0.0365. The molecule has 4 bridgehead atoms. The zero-order valence-corrected chi connectivity index (χ0v) is 85.7. The van der Waals surface area contributed by atoms with Gasteiger partial charge in [-0.3, -0.25) is 9.59 Å². The van der Waals surface area contributed by atoms with Crippen LogP contribution in [0.3, 0.4) is 0 Å². The standard InChI is InChI=1S/C48H72O14.C47H70O14.C10H9ClN4S/c1-11-25(2)43-28(5)17-18-47(62-43)23-34-20-33(61-47)16-15-27(4)42(26(3)13-12-14-32-24-55-45-40(49)29(6)19-35(46(51)58-34)48(32,45)52)59-39-22-37(54-10)44(31(8)57-39)60-38-21-36(53-9)41(50)30(7)56-38;1-24(2)41-27(5)16-17-46(61-41)22-33-19-32(60-46)15-14-26(4)42(25(3)12-11-13-31-23-54-44-39(48)28(6)18-34(45(50)57-33)47(31,44)51)58-38-21-36(53-10)43(30(8)56-38)59-37-20-35(52-9)40(49)29(7)55-37;11-9-2-1-8(5-13-9)6-15-3-4-16-10(15)14-7-12/h12-15,17-19,25-26,28,30-31,33-45,49-50,52H,11,16,20-24H2,1-10H3;11-14,16-18,24-25,27,29-30,32-44,48-49,51H,15,19-23H2,1-10H3;1-2,5H,3-4,6H2/b13-12+,27-15+,32-14+;12-11+,26-14+,31-13+;14-10-/t25-,26-,28-,30-,31-,33+,34-,35-,36-,37-,38-,39-,40+,41-,42-,43+,44-,45+,47+,48+;25-,27-,29-,30-,32+,33-,34-,35-,36-,37-,38-,39+,40-,41+,42-,43-,44+,46+,47+;/m00./s1. The molecule has 2 spiro atoms. The predicted molar refractivity (Wildman–Crippen MR) is 515 cm³/mol. The van der Waals surface area contributed by atoms with Crippen LogP contribution in [0.1, 0.15) is 187 Å². The molecule has 0 amide bonds. The van der Waals surface area contributed by atoms with Crippen LogP contribution in [0, 0.1) is 58.8 Å². The SMILES string of the molecule is CC[C@H](C)[C@H]1O[C@]2(C=C[C@@H]1C)C[C@@H]1C[C@@H](C/C=C(\C)[C@@H](O[C@H]3C[C@H](OC)[C@@H](O[C@H]4C[C@H](OC)[C@@H](O)[C@H](C)O4)[C@H](C)O3)[C@@H](C)/C=C/C=C3\CO[C@@H]4[C@H](O)C(C)=C[C@@H](C(=O)O1)[C@]34O)O2.CO[C@H]1C[C@H](O[C@H]2[C@H](C)O[C@@H](O[C@@H]3/C(C)=C/C[C@@H]4C[C@@H](C[C@]5(C=C[C@H](C)[C@@H](C(C)C)O5)O4)OC(=O)[C@@H]4C=C(C)[C@@H](O)[C@H]5OC/C(=C\C=C\[C@@H]3C)[C@]54O)C[C@@H]2OC)O[C@@H](C)[C@@H]1O.N#C/N=C1\SCCN1Cc1ccc(Cl)nc1. The molecule has 34 heteroatoms. The summed E-state index contributed by atoms with van der Waals surface area (Å²) in [5.74, 6) is -4.21. The van der Waals surface area contributed by atoms with E-state index in [4.69, 9.17) is 112 Å². The Hall–Kier alpha value is -5.87. The summed E-state index contributed by atoms with van der Waals surface area (Å²) < 4.78 is 127. The number of ether oxygens (including phenoxy) is 20. The Kier molecular flexibility index (Phi) is 37.0. The Morgan fingerprint density at radius 2 is 0.993 bits per heavy atom. The lowest BCUT2D eigenvalue weighted by Crippen LogP contribution is -2.58.